The number of carbonyl (C=O) groups excluding carboxylic acids is 1. The van der Waals surface area contributed by atoms with E-state index in [0.717, 1.165) is 12.8 Å². The average molecular weight is 432 g/mol. The van der Waals surface area contributed by atoms with Crippen molar-refractivity contribution in [1.82, 2.24) is 14.9 Å². The van der Waals surface area contributed by atoms with Crippen LogP contribution in [0.1, 0.15) is 45.5 Å². The maximum absolute atomic E-state index is 12.5. The molecular weight excluding hydrogens is 413 g/mol. The van der Waals surface area contributed by atoms with E-state index in [4.69, 9.17) is 36.1 Å². The highest BCUT2D eigenvalue weighted by Gasteiger charge is 2.35. The maximum Gasteiger partial charge on any atom is 0.410 e. The van der Waals surface area contributed by atoms with Gasteiger partial charge in [0.15, 0.2) is 0 Å². The van der Waals surface area contributed by atoms with Gasteiger partial charge >= 0.3 is 6.09 Å². The van der Waals surface area contributed by atoms with Crippen LogP contribution < -0.4 is 21.9 Å². The van der Waals surface area contributed by atoms with Gasteiger partial charge in [0.2, 0.25) is 0 Å². The fourth-order valence-electron chi connectivity index (χ4n) is 3.31. The summed E-state index contributed by atoms with van der Waals surface area (Å²) in [5.41, 5.74) is 1.77. The van der Waals surface area contributed by atoms with E-state index in [1.807, 2.05) is 20.8 Å². The smallest absolute Gasteiger partial charge is 0.410 e. The Morgan fingerprint density at radius 2 is 1.82 bits per heavy atom. The average Bonchev–Trinajstić information content (AvgIpc) is 3.26. The van der Waals surface area contributed by atoms with E-state index < -0.39 is 5.60 Å². The standard InChI is InChI=1S/C18H18B4BrN3O2/c1-18(2,3)28-17(27)26-6-4-5-9(26)16-24-7-8(25-16)10-11(19)13(21)15(23)14(22)12(10)20/h7,9H,4-6H2,1-3H3,(H,24,25)/t9-/m0/s1. The van der Waals surface area contributed by atoms with Crippen LogP contribution in [0.3, 0.4) is 0 Å². The molecule has 1 fully saturated rings. The highest BCUT2D eigenvalue weighted by Crippen LogP contribution is 2.32. The lowest BCUT2D eigenvalue weighted by Gasteiger charge is -2.27. The maximum atomic E-state index is 12.5. The SMILES string of the molecule is [B]c1c([B])c(-c2cnc([C@@H]3CCCN3C(=O)OC(C)(C)C)[nH]2)c([B])c([B])c1Br. The van der Waals surface area contributed by atoms with E-state index in [-0.39, 0.29) is 12.1 Å². The molecule has 0 aliphatic carbocycles. The molecule has 136 valence electrons. The minimum atomic E-state index is -0.562. The fourth-order valence-corrected chi connectivity index (χ4v) is 3.74. The van der Waals surface area contributed by atoms with E-state index in [1.54, 1.807) is 11.1 Å². The zero-order valence-electron chi connectivity index (χ0n) is 16.2. The molecule has 0 spiro atoms. The second-order valence-corrected chi connectivity index (χ2v) is 8.65. The number of rotatable bonds is 2. The summed E-state index contributed by atoms with van der Waals surface area (Å²) < 4.78 is 5.98. The van der Waals surface area contributed by atoms with Crippen LogP contribution in [0.15, 0.2) is 10.7 Å². The molecule has 1 amide bonds. The Morgan fingerprint density at radius 1 is 1.21 bits per heavy atom. The van der Waals surface area contributed by atoms with E-state index in [1.165, 1.54) is 0 Å². The first kappa shape index (κ1) is 21.2. The number of nitrogens with one attached hydrogen (secondary N) is 1. The molecule has 1 aromatic heterocycles. The summed E-state index contributed by atoms with van der Waals surface area (Å²) in [4.78, 5) is 21.9. The van der Waals surface area contributed by atoms with E-state index in [9.17, 15) is 4.79 Å². The molecule has 1 aliphatic heterocycles. The molecule has 1 aromatic carbocycles. The number of imidazole rings is 1. The number of carbonyl (C=O) groups is 1. The number of aromatic nitrogens is 2. The summed E-state index contributed by atoms with van der Waals surface area (Å²) in [5, 5.41) is 0. The Morgan fingerprint density at radius 3 is 2.39 bits per heavy atom. The third kappa shape index (κ3) is 3.93. The third-order valence-electron chi connectivity index (χ3n) is 4.65. The van der Waals surface area contributed by atoms with Gasteiger partial charge in [-0.25, -0.2) is 9.78 Å². The molecule has 0 bridgehead atoms. The fraction of sp³-hybridized carbons (Fsp3) is 0.444. The monoisotopic (exact) mass is 431 g/mol. The largest absolute Gasteiger partial charge is 0.444 e. The van der Waals surface area contributed by atoms with Crippen LogP contribution in [0.2, 0.25) is 0 Å². The Labute approximate surface area is 179 Å². The molecule has 3 rings (SSSR count). The summed E-state index contributed by atoms with van der Waals surface area (Å²) >= 11 is 3.30. The lowest BCUT2D eigenvalue weighted by Crippen LogP contribution is -2.43. The lowest BCUT2D eigenvalue weighted by atomic mass is 9.67. The van der Waals surface area contributed by atoms with Crippen molar-refractivity contribution in [3.63, 3.8) is 0 Å². The van der Waals surface area contributed by atoms with Crippen LogP contribution in [-0.2, 0) is 4.74 Å². The molecule has 28 heavy (non-hydrogen) atoms. The second kappa shape index (κ2) is 7.69. The topological polar surface area (TPSA) is 58.2 Å². The number of amides is 1. The molecule has 0 unspecified atom stereocenters. The van der Waals surface area contributed by atoms with Crippen LogP contribution in [0.4, 0.5) is 4.79 Å². The summed E-state index contributed by atoms with van der Waals surface area (Å²) in [7, 11) is 24.4. The molecule has 1 atom stereocenters. The van der Waals surface area contributed by atoms with Crippen molar-refractivity contribution in [3.8, 4) is 11.3 Å². The lowest BCUT2D eigenvalue weighted by molar-refractivity contribution is 0.0219. The predicted octanol–water partition coefficient (Wildman–Crippen LogP) is 0.0864. The molecule has 1 aliphatic rings. The van der Waals surface area contributed by atoms with Crippen molar-refractivity contribution in [1.29, 1.82) is 0 Å². The molecule has 8 radical (unpaired) electrons. The molecule has 10 heteroatoms. The Hall–Kier alpha value is -1.56. The first-order chi connectivity index (χ1) is 13.0. The number of benzene rings is 1. The van der Waals surface area contributed by atoms with Crippen molar-refractivity contribution < 1.29 is 9.53 Å². The van der Waals surface area contributed by atoms with E-state index in [2.05, 4.69) is 25.9 Å². The van der Waals surface area contributed by atoms with Crippen molar-refractivity contribution >= 4 is 75.3 Å². The molecule has 0 saturated carbocycles. The van der Waals surface area contributed by atoms with Crippen LogP contribution in [0.25, 0.3) is 11.3 Å². The van der Waals surface area contributed by atoms with Crippen LogP contribution in [-0.4, -0.2) is 64.5 Å². The van der Waals surface area contributed by atoms with Gasteiger partial charge in [0.25, 0.3) is 0 Å². The van der Waals surface area contributed by atoms with Gasteiger partial charge in [-0.15, -0.1) is 0 Å². The summed E-state index contributed by atoms with van der Waals surface area (Å²) in [6, 6.07) is -0.212. The van der Waals surface area contributed by atoms with Crippen molar-refractivity contribution in [2.24, 2.45) is 0 Å². The molecule has 5 nitrogen and oxygen atoms in total. The summed E-state index contributed by atoms with van der Waals surface area (Å²) in [5.74, 6) is 0.636. The van der Waals surface area contributed by atoms with Crippen LogP contribution >= 0.6 is 15.9 Å². The zero-order valence-corrected chi connectivity index (χ0v) is 17.8. The second-order valence-electron chi connectivity index (χ2n) is 7.86. The van der Waals surface area contributed by atoms with E-state index in [0.29, 0.717) is 50.0 Å². The molecule has 1 saturated heterocycles. The zero-order chi connectivity index (χ0) is 20.8. The highest BCUT2D eigenvalue weighted by molar-refractivity contribution is 9.10. The molecule has 1 N–H and O–H groups in total. The Kier molecular flexibility index (Phi) is 5.81. The number of hydrogen-bond acceptors (Lipinski definition) is 3. The number of likely N-dealkylation sites (tertiary alicyclic amines) is 1. The minimum absolute atomic E-state index is 0.212. The number of ether oxygens (including phenoxy) is 1. The van der Waals surface area contributed by atoms with Crippen LogP contribution in [0, 0.1) is 0 Å². The number of H-pyrrole nitrogens is 1. The quantitative estimate of drug-likeness (QED) is 0.686. The van der Waals surface area contributed by atoms with Gasteiger partial charge in [-0.2, -0.15) is 0 Å². The van der Waals surface area contributed by atoms with Gasteiger partial charge in [0.05, 0.1) is 17.9 Å². The normalized spacial score (nSPS) is 17.1. The molecule has 2 heterocycles. The predicted molar refractivity (Wildman–Crippen MR) is 118 cm³/mol. The number of hydrogen-bond donors (Lipinski definition) is 1. The van der Waals surface area contributed by atoms with Gasteiger partial charge < -0.3 is 9.72 Å². The molecular formula is C18H18B4BrN3O2. The van der Waals surface area contributed by atoms with Gasteiger partial charge in [0.1, 0.15) is 42.8 Å². The first-order valence-electron chi connectivity index (χ1n) is 8.97. The number of halogens is 1. The van der Waals surface area contributed by atoms with Crippen molar-refractivity contribution in [2.75, 3.05) is 6.54 Å². The van der Waals surface area contributed by atoms with Crippen LogP contribution in [0.5, 0.6) is 0 Å². The van der Waals surface area contributed by atoms with Gasteiger partial charge in [-0.1, -0.05) is 37.8 Å². The summed E-state index contributed by atoms with van der Waals surface area (Å²) in [6.45, 7) is 6.14. The number of aromatic amines is 1. The highest BCUT2D eigenvalue weighted by atomic mass is 79.9. The van der Waals surface area contributed by atoms with Crippen molar-refractivity contribution in [3.05, 3.63) is 16.5 Å². The van der Waals surface area contributed by atoms with Crippen molar-refractivity contribution in [2.45, 2.75) is 45.3 Å². The van der Waals surface area contributed by atoms with Gasteiger partial charge in [-0.05, 0) is 39.2 Å². The van der Waals surface area contributed by atoms with Gasteiger partial charge in [0, 0.05) is 11.0 Å². The number of nitrogens with zero attached hydrogens (tertiary/aromatic N) is 2. The van der Waals surface area contributed by atoms with E-state index >= 15 is 0 Å². The Balaban J connectivity index is 1.94. The third-order valence-corrected chi connectivity index (χ3v) is 5.51. The molecule has 2 aromatic rings. The summed E-state index contributed by atoms with van der Waals surface area (Å²) in [6.07, 6.45) is 2.91. The Bertz CT molecular complexity index is 897. The van der Waals surface area contributed by atoms with Gasteiger partial charge in [-0.3, -0.25) is 4.90 Å². The first-order valence-corrected chi connectivity index (χ1v) is 9.76. The minimum Gasteiger partial charge on any atom is -0.444 e.